The van der Waals surface area contributed by atoms with Gasteiger partial charge in [0.05, 0.1) is 12.9 Å². The van der Waals surface area contributed by atoms with Crippen molar-refractivity contribution in [1.29, 1.82) is 0 Å². The molecule has 24 heavy (non-hydrogen) atoms. The third-order valence-corrected chi connectivity index (χ3v) is 3.87. The molecule has 2 aromatic rings. The highest BCUT2D eigenvalue weighted by Crippen LogP contribution is 2.24. The summed E-state index contributed by atoms with van der Waals surface area (Å²) < 4.78 is 15.9. The lowest BCUT2D eigenvalue weighted by molar-refractivity contribution is -0.138. The van der Waals surface area contributed by atoms with Gasteiger partial charge in [0.25, 0.3) is 5.91 Å². The average Bonchev–Trinajstić information content (AvgIpc) is 3.28. The van der Waals surface area contributed by atoms with Crippen molar-refractivity contribution < 1.29 is 23.5 Å². The lowest BCUT2D eigenvalue weighted by atomic mass is 10.2. The van der Waals surface area contributed by atoms with Gasteiger partial charge in [-0.1, -0.05) is 0 Å². The van der Waals surface area contributed by atoms with E-state index in [9.17, 15) is 9.59 Å². The molecule has 0 N–H and O–H groups in total. The first-order valence-electron chi connectivity index (χ1n) is 7.98. The van der Waals surface area contributed by atoms with E-state index in [1.54, 1.807) is 36.4 Å². The summed E-state index contributed by atoms with van der Waals surface area (Å²) in [6.07, 6.45) is 2.79. The van der Waals surface area contributed by atoms with Crippen molar-refractivity contribution in [3.8, 4) is 11.5 Å². The van der Waals surface area contributed by atoms with Gasteiger partial charge in [0, 0.05) is 6.54 Å². The summed E-state index contributed by atoms with van der Waals surface area (Å²) >= 11 is 0. The zero-order chi connectivity index (χ0) is 16.9. The first-order valence-corrected chi connectivity index (χ1v) is 7.98. The molecule has 0 spiro atoms. The first kappa shape index (κ1) is 16.1. The van der Waals surface area contributed by atoms with E-state index in [1.807, 2.05) is 6.92 Å². The highest BCUT2D eigenvalue weighted by atomic mass is 16.5. The molecule has 2 heterocycles. The number of hydrogen-bond donors (Lipinski definition) is 0. The minimum absolute atomic E-state index is 0.232. The molecule has 1 aliphatic heterocycles. The van der Waals surface area contributed by atoms with Gasteiger partial charge < -0.3 is 18.8 Å². The van der Waals surface area contributed by atoms with Crippen molar-refractivity contribution in [2.45, 2.75) is 25.8 Å². The summed E-state index contributed by atoms with van der Waals surface area (Å²) in [6, 6.07) is 9.49. The van der Waals surface area contributed by atoms with Gasteiger partial charge in [-0.05, 0) is 56.2 Å². The Hall–Kier alpha value is -2.76. The Bertz CT molecular complexity index is 693. The summed E-state index contributed by atoms with van der Waals surface area (Å²) in [4.78, 5) is 26.3. The van der Waals surface area contributed by atoms with E-state index in [-0.39, 0.29) is 11.7 Å². The van der Waals surface area contributed by atoms with Crippen LogP contribution in [0.2, 0.25) is 0 Å². The summed E-state index contributed by atoms with van der Waals surface area (Å²) in [6.45, 7) is 2.99. The highest BCUT2D eigenvalue weighted by Gasteiger charge is 2.36. The fourth-order valence-corrected chi connectivity index (χ4v) is 2.75. The number of nitrogens with zero attached hydrogens (tertiary/aromatic N) is 1. The van der Waals surface area contributed by atoms with Crippen molar-refractivity contribution in [2.24, 2.45) is 0 Å². The Morgan fingerprint density at radius 3 is 2.62 bits per heavy atom. The van der Waals surface area contributed by atoms with E-state index < -0.39 is 12.0 Å². The monoisotopic (exact) mass is 329 g/mol. The molecule has 0 bridgehead atoms. The standard InChI is InChI=1S/C18H19NO5/c1-2-22-13-7-9-14(10-8-13)24-18(21)15-5-3-11-19(15)17(20)16-6-4-12-23-16/h4,6-10,12,15H,2-3,5,11H2,1H3/t15-/m1/s1. The Labute approximate surface area is 140 Å². The van der Waals surface area contributed by atoms with E-state index in [4.69, 9.17) is 13.9 Å². The van der Waals surface area contributed by atoms with Crippen molar-refractivity contribution in [2.75, 3.05) is 13.2 Å². The Balaban J connectivity index is 1.66. The van der Waals surface area contributed by atoms with Crippen LogP contribution in [-0.2, 0) is 4.79 Å². The second-order valence-electron chi connectivity index (χ2n) is 5.46. The van der Waals surface area contributed by atoms with Gasteiger partial charge in [0.15, 0.2) is 5.76 Å². The molecule has 1 amide bonds. The third kappa shape index (κ3) is 3.42. The lowest BCUT2D eigenvalue weighted by Gasteiger charge is -2.22. The predicted molar refractivity (Wildman–Crippen MR) is 86.0 cm³/mol. The zero-order valence-electron chi connectivity index (χ0n) is 13.4. The van der Waals surface area contributed by atoms with Crippen LogP contribution in [0.1, 0.15) is 30.3 Å². The summed E-state index contributed by atoms with van der Waals surface area (Å²) in [5, 5.41) is 0. The second kappa shape index (κ2) is 7.21. The molecule has 1 fully saturated rings. The summed E-state index contributed by atoms with van der Waals surface area (Å²) in [5.74, 6) is 0.659. The van der Waals surface area contributed by atoms with Crippen LogP contribution in [0.15, 0.2) is 47.1 Å². The van der Waals surface area contributed by atoms with Gasteiger partial charge in [-0.25, -0.2) is 4.79 Å². The molecule has 126 valence electrons. The maximum Gasteiger partial charge on any atom is 0.334 e. The van der Waals surface area contributed by atoms with Gasteiger partial charge in [0.1, 0.15) is 17.5 Å². The number of furan rings is 1. The normalized spacial score (nSPS) is 16.9. The number of ether oxygens (including phenoxy) is 2. The summed E-state index contributed by atoms with van der Waals surface area (Å²) in [7, 11) is 0. The topological polar surface area (TPSA) is 69.0 Å². The first-order chi connectivity index (χ1) is 11.7. The maximum atomic E-state index is 12.4. The van der Waals surface area contributed by atoms with Crippen LogP contribution in [0.4, 0.5) is 0 Å². The number of carbonyl (C=O) groups is 2. The van der Waals surface area contributed by atoms with Crippen molar-refractivity contribution in [3.63, 3.8) is 0 Å². The molecule has 1 aromatic heterocycles. The van der Waals surface area contributed by atoms with Gasteiger partial charge in [0.2, 0.25) is 0 Å². The fourth-order valence-electron chi connectivity index (χ4n) is 2.75. The molecule has 0 saturated carbocycles. The van der Waals surface area contributed by atoms with E-state index in [0.717, 1.165) is 6.42 Å². The van der Waals surface area contributed by atoms with Crippen LogP contribution in [0.5, 0.6) is 11.5 Å². The van der Waals surface area contributed by atoms with Crippen molar-refractivity contribution in [3.05, 3.63) is 48.4 Å². The number of hydrogen-bond acceptors (Lipinski definition) is 5. The molecule has 0 radical (unpaired) electrons. The molecule has 1 saturated heterocycles. The van der Waals surface area contributed by atoms with Crippen molar-refractivity contribution in [1.82, 2.24) is 4.90 Å². The number of amides is 1. The Morgan fingerprint density at radius 1 is 1.21 bits per heavy atom. The molecule has 6 heteroatoms. The largest absolute Gasteiger partial charge is 0.494 e. The van der Waals surface area contributed by atoms with Crippen LogP contribution >= 0.6 is 0 Å². The number of esters is 1. The summed E-state index contributed by atoms with van der Waals surface area (Å²) in [5.41, 5.74) is 0. The van der Waals surface area contributed by atoms with Crippen LogP contribution in [0.3, 0.4) is 0 Å². The van der Waals surface area contributed by atoms with Crippen LogP contribution in [0, 0.1) is 0 Å². The molecule has 0 aliphatic carbocycles. The number of benzene rings is 1. The Kier molecular flexibility index (Phi) is 4.84. The highest BCUT2D eigenvalue weighted by molar-refractivity contribution is 5.95. The Morgan fingerprint density at radius 2 is 1.96 bits per heavy atom. The second-order valence-corrected chi connectivity index (χ2v) is 5.46. The van der Waals surface area contributed by atoms with E-state index in [2.05, 4.69) is 0 Å². The number of likely N-dealkylation sites (tertiary alicyclic amines) is 1. The van der Waals surface area contributed by atoms with Gasteiger partial charge in [-0.2, -0.15) is 0 Å². The number of rotatable bonds is 5. The fraction of sp³-hybridized carbons (Fsp3) is 0.333. The molecule has 3 rings (SSSR count). The SMILES string of the molecule is CCOc1ccc(OC(=O)[C@H]2CCCN2C(=O)c2ccco2)cc1. The quantitative estimate of drug-likeness (QED) is 0.623. The number of carbonyl (C=O) groups excluding carboxylic acids is 2. The minimum Gasteiger partial charge on any atom is -0.494 e. The molecule has 6 nitrogen and oxygen atoms in total. The lowest BCUT2D eigenvalue weighted by Crippen LogP contribution is -2.42. The predicted octanol–water partition coefficient (Wildman–Crippen LogP) is 2.89. The maximum absolute atomic E-state index is 12.4. The van der Waals surface area contributed by atoms with Crippen molar-refractivity contribution >= 4 is 11.9 Å². The zero-order valence-corrected chi connectivity index (χ0v) is 13.4. The molecular formula is C18H19NO5. The third-order valence-electron chi connectivity index (χ3n) is 3.87. The van der Waals surface area contributed by atoms with Gasteiger partial charge >= 0.3 is 5.97 Å². The smallest absolute Gasteiger partial charge is 0.334 e. The van der Waals surface area contributed by atoms with E-state index in [1.165, 1.54) is 11.2 Å². The van der Waals surface area contributed by atoms with Gasteiger partial charge in [-0.15, -0.1) is 0 Å². The minimum atomic E-state index is -0.589. The molecule has 0 unspecified atom stereocenters. The van der Waals surface area contributed by atoms with Crippen LogP contribution in [0.25, 0.3) is 0 Å². The van der Waals surface area contributed by atoms with Gasteiger partial charge in [-0.3, -0.25) is 4.79 Å². The van der Waals surface area contributed by atoms with Crippen LogP contribution in [-0.4, -0.2) is 36.0 Å². The molecule has 1 aliphatic rings. The molecule has 1 aromatic carbocycles. The van der Waals surface area contributed by atoms with Crippen LogP contribution < -0.4 is 9.47 Å². The average molecular weight is 329 g/mol. The molecular weight excluding hydrogens is 310 g/mol. The van der Waals surface area contributed by atoms with E-state index >= 15 is 0 Å². The molecule has 1 atom stereocenters. The van der Waals surface area contributed by atoms with E-state index in [0.29, 0.717) is 31.1 Å².